The fraction of sp³-hybridized carbons (Fsp3) is 0.286. The first kappa shape index (κ1) is 17.9. The number of aromatic nitrogens is 1. The fourth-order valence-electron chi connectivity index (χ4n) is 3.13. The molecule has 0 saturated heterocycles. The molecular formula is C21H21NO4. The van der Waals surface area contributed by atoms with E-state index in [9.17, 15) is 9.59 Å². The molecule has 0 spiro atoms. The van der Waals surface area contributed by atoms with Gasteiger partial charge in [0.05, 0.1) is 5.69 Å². The molecule has 1 aromatic carbocycles. The van der Waals surface area contributed by atoms with Crippen molar-refractivity contribution in [3.05, 3.63) is 52.8 Å². The Kier molecular flexibility index (Phi) is 5.16. The molecule has 0 fully saturated rings. The maximum atomic E-state index is 11.4. The molecule has 5 heteroatoms. The number of allylic oxidation sites excluding steroid dienone is 1. The predicted molar refractivity (Wildman–Crippen MR) is 98.8 cm³/mol. The van der Waals surface area contributed by atoms with Crippen molar-refractivity contribution in [2.75, 3.05) is 0 Å². The SMILES string of the molecule is CC(=O)Oc1ccc(C=C2CCCc3cc(C)cnc32)cc1OC(C)=O. The number of benzene rings is 1. The Bertz CT molecular complexity index is 899. The average molecular weight is 351 g/mol. The van der Waals surface area contributed by atoms with Crippen LogP contribution < -0.4 is 9.47 Å². The molecule has 1 aliphatic rings. The Morgan fingerprint density at radius 2 is 1.77 bits per heavy atom. The van der Waals surface area contributed by atoms with Crippen molar-refractivity contribution in [3.8, 4) is 11.5 Å². The van der Waals surface area contributed by atoms with Crippen LogP contribution in [0.3, 0.4) is 0 Å². The summed E-state index contributed by atoms with van der Waals surface area (Å²) in [4.78, 5) is 27.2. The van der Waals surface area contributed by atoms with Gasteiger partial charge >= 0.3 is 11.9 Å². The molecule has 1 heterocycles. The lowest BCUT2D eigenvalue weighted by Crippen LogP contribution is -2.07. The van der Waals surface area contributed by atoms with E-state index >= 15 is 0 Å². The van der Waals surface area contributed by atoms with E-state index < -0.39 is 11.9 Å². The molecule has 1 aliphatic carbocycles. The van der Waals surface area contributed by atoms with E-state index in [1.807, 2.05) is 25.3 Å². The van der Waals surface area contributed by atoms with Crippen molar-refractivity contribution in [2.45, 2.75) is 40.0 Å². The number of esters is 2. The summed E-state index contributed by atoms with van der Waals surface area (Å²) in [5.41, 5.74) is 5.47. The van der Waals surface area contributed by atoms with E-state index in [1.165, 1.54) is 19.4 Å². The third-order valence-electron chi connectivity index (χ3n) is 4.12. The lowest BCUT2D eigenvalue weighted by Gasteiger charge is -2.18. The predicted octanol–water partition coefficient (Wildman–Crippen LogP) is 4.12. The zero-order valence-corrected chi connectivity index (χ0v) is 15.2. The summed E-state index contributed by atoms with van der Waals surface area (Å²) < 4.78 is 10.3. The lowest BCUT2D eigenvalue weighted by molar-refractivity contribution is -0.134. The average Bonchev–Trinajstić information content (AvgIpc) is 2.56. The van der Waals surface area contributed by atoms with E-state index in [0.717, 1.165) is 41.7 Å². The normalized spacial score (nSPS) is 14.7. The minimum Gasteiger partial charge on any atom is -0.423 e. The number of rotatable bonds is 3. The van der Waals surface area contributed by atoms with Crippen LogP contribution in [0.1, 0.15) is 49.1 Å². The van der Waals surface area contributed by atoms with Gasteiger partial charge in [0.15, 0.2) is 11.5 Å². The van der Waals surface area contributed by atoms with Crippen LogP contribution in [0.25, 0.3) is 11.6 Å². The minimum absolute atomic E-state index is 0.229. The molecule has 0 bridgehead atoms. The van der Waals surface area contributed by atoms with Crippen LogP contribution in [0.5, 0.6) is 11.5 Å². The second-order valence-electron chi connectivity index (χ2n) is 6.44. The molecule has 5 nitrogen and oxygen atoms in total. The van der Waals surface area contributed by atoms with E-state index in [0.29, 0.717) is 0 Å². The van der Waals surface area contributed by atoms with Gasteiger partial charge in [-0.15, -0.1) is 0 Å². The number of hydrogen-bond acceptors (Lipinski definition) is 5. The molecule has 0 amide bonds. The Morgan fingerprint density at radius 1 is 1.04 bits per heavy atom. The van der Waals surface area contributed by atoms with Gasteiger partial charge in [0, 0.05) is 20.0 Å². The van der Waals surface area contributed by atoms with Crippen molar-refractivity contribution in [1.29, 1.82) is 0 Å². The van der Waals surface area contributed by atoms with Crippen LogP contribution in [-0.4, -0.2) is 16.9 Å². The Labute approximate surface area is 152 Å². The summed E-state index contributed by atoms with van der Waals surface area (Å²) >= 11 is 0. The van der Waals surface area contributed by atoms with Crippen molar-refractivity contribution >= 4 is 23.6 Å². The quantitative estimate of drug-likeness (QED) is 0.615. The standard InChI is InChI=1S/C21H21NO4/c1-13-9-17-5-4-6-18(21(17)22-12-13)10-16-7-8-19(25-14(2)23)20(11-16)26-15(3)24/h7-12H,4-6H2,1-3H3. The molecule has 134 valence electrons. The van der Waals surface area contributed by atoms with Crippen molar-refractivity contribution in [2.24, 2.45) is 0 Å². The smallest absolute Gasteiger partial charge is 0.308 e. The van der Waals surface area contributed by atoms with Gasteiger partial charge in [-0.2, -0.15) is 0 Å². The highest BCUT2D eigenvalue weighted by molar-refractivity contribution is 5.83. The molecule has 0 atom stereocenters. The van der Waals surface area contributed by atoms with Gasteiger partial charge in [-0.05, 0) is 66.7 Å². The third kappa shape index (κ3) is 4.17. The van der Waals surface area contributed by atoms with Gasteiger partial charge in [0.25, 0.3) is 0 Å². The highest BCUT2D eigenvalue weighted by atomic mass is 16.6. The number of hydrogen-bond donors (Lipinski definition) is 0. The molecule has 0 unspecified atom stereocenters. The number of ether oxygens (including phenoxy) is 2. The number of fused-ring (bicyclic) bond motifs is 1. The molecular weight excluding hydrogens is 330 g/mol. The van der Waals surface area contributed by atoms with Crippen LogP contribution in [0.15, 0.2) is 30.5 Å². The summed E-state index contributed by atoms with van der Waals surface area (Å²) in [5.74, 6) is -0.476. The molecule has 0 radical (unpaired) electrons. The van der Waals surface area contributed by atoms with E-state index in [1.54, 1.807) is 12.1 Å². The van der Waals surface area contributed by atoms with E-state index in [-0.39, 0.29) is 11.5 Å². The summed E-state index contributed by atoms with van der Waals surface area (Å²) in [6, 6.07) is 7.36. The number of aryl methyl sites for hydroxylation is 2. The molecule has 0 aliphatic heterocycles. The minimum atomic E-state index is -0.469. The van der Waals surface area contributed by atoms with Crippen molar-refractivity contribution in [3.63, 3.8) is 0 Å². The summed E-state index contributed by atoms with van der Waals surface area (Å²) in [6.07, 6.45) is 6.98. The molecule has 2 aromatic rings. The number of carbonyl (C=O) groups excluding carboxylic acids is 2. The topological polar surface area (TPSA) is 65.5 Å². The number of carbonyl (C=O) groups is 2. The largest absolute Gasteiger partial charge is 0.423 e. The van der Waals surface area contributed by atoms with Crippen LogP contribution in [0, 0.1) is 6.92 Å². The van der Waals surface area contributed by atoms with Gasteiger partial charge in [-0.25, -0.2) is 0 Å². The highest BCUT2D eigenvalue weighted by Gasteiger charge is 2.16. The van der Waals surface area contributed by atoms with E-state index in [2.05, 4.69) is 11.1 Å². The number of pyridine rings is 1. The van der Waals surface area contributed by atoms with Gasteiger partial charge < -0.3 is 9.47 Å². The van der Waals surface area contributed by atoms with Crippen LogP contribution in [-0.2, 0) is 16.0 Å². The van der Waals surface area contributed by atoms with Crippen LogP contribution in [0.4, 0.5) is 0 Å². The summed E-state index contributed by atoms with van der Waals surface area (Å²) in [5, 5.41) is 0. The second kappa shape index (κ2) is 7.52. The zero-order chi connectivity index (χ0) is 18.7. The van der Waals surface area contributed by atoms with Crippen molar-refractivity contribution in [1.82, 2.24) is 4.98 Å². The van der Waals surface area contributed by atoms with Gasteiger partial charge in [-0.3, -0.25) is 14.6 Å². The lowest BCUT2D eigenvalue weighted by atomic mass is 9.89. The molecule has 1 aromatic heterocycles. The highest BCUT2D eigenvalue weighted by Crippen LogP contribution is 2.34. The maximum Gasteiger partial charge on any atom is 0.308 e. The first-order valence-corrected chi connectivity index (χ1v) is 8.60. The monoisotopic (exact) mass is 351 g/mol. The van der Waals surface area contributed by atoms with Crippen LogP contribution in [0.2, 0.25) is 0 Å². The zero-order valence-electron chi connectivity index (χ0n) is 15.2. The fourth-order valence-corrected chi connectivity index (χ4v) is 3.13. The molecule has 3 rings (SSSR count). The second-order valence-corrected chi connectivity index (χ2v) is 6.44. The first-order valence-electron chi connectivity index (χ1n) is 8.60. The Morgan fingerprint density at radius 3 is 2.50 bits per heavy atom. The van der Waals surface area contributed by atoms with Crippen molar-refractivity contribution < 1.29 is 19.1 Å². The Balaban J connectivity index is 1.99. The maximum absolute atomic E-state index is 11.4. The Hall–Kier alpha value is -2.95. The summed E-state index contributed by atoms with van der Waals surface area (Å²) in [6.45, 7) is 4.66. The van der Waals surface area contributed by atoms with E-state index in [4.69, 9.17) is 9.47 Å². The van der Waals surface area contributed by atoms with Gasteiger partial charge in [0.1, 0.15) is 0 Å². The molecule has 26 heavy (non-hydrogen) atoms. The summed E-state index contributed by atoms with van der Waals surface area (Å²) in [7, 11) is 0. The van der Waals surface area contributed by atoms with Crippen LogP contribution >= 0.6 is 0 Å². The third-order valence-corrected chi connectivity index (χ3v) is 4.12. The van der Waals surface area contributed by atoms with Gasteiger partial charge in [-0.1, -0.05) is 12.1 Å². The molecule has 0 saturated carbocycles. The number of nitrogens with zero attached hydrogens (tertiary/aromatic N) is 1. The first-order chi connectivity index (χ1) is 12.4. The van der Waals surface area contributed by atoms with Gasteiger partial charge in [0.2, 0.25) is 0 Å². The molecule has 0 N–H and O–H groups in total.